The molecule has 3 nitrogen and oxygen atoms in total. The highest BCUT2D eigenvalue weighted by Gasteiger charge is 2.13. The Bertz CT molecular complexity index is 583. The van der Waals surface area contributed by atoms with Gasteiger partial charge in [-0.15, -0.1) is 11.3 Å². The second-order valence-corrected chi connectivity index (χ2v) is 6.95. The molecular weight excluding hydrogens is 324 g/mol. The van der Waals surface area contributed by atoms with Crippen LogP contribution in [0.2, 0.25) is 0 Å². The lowest BCUT2D eigenvalue weighted by atomic mass is 10.1. The summed E-state index contributed by atoms with van der Waals surface area (Å²) < 4.78 is 1.13. The van der Waals surface area contributed by atoms with E-state index in [1.165, 1.54) is 5.56 Å². The molecule has 0 spiro atoms. The Balaban J connectivity index is 2.30. The zero-order valence-corrected chi connectivity index (χ0v) is 13.7. The average molecular weight is 341 g/mol. The Labute approximate surface area is 126 Å². The number of aryl methyl sites for hydroxylation is 2. The average Bonchev–Trinajstić information content (AvgIpc) is 2.73. The zero-order chi connectivity index (χ0) is 14.0. The molecule has 2 rings (SSSR count). The Kier molecular flexibility index (Phi) is 4.60. The van der Waals surface area contributed by atoms with E-state index in [-0.39, 0.29) is 6.61 Å². The van der Waals surface area contributed by atoms with Gasteiger partial charge in [0.1, 0.15) is 5.82 Å². The molecule has 0 amide bonds. The van der Waals surface area contributed by atoms with Crippen LogP contribution < -0.4 is 4.90 Å². The highest BCUT2D eigenvalue weighted by Crippen LogP contribution is 2.26. The highest BCUT2D eigenvalue weighted by molar-refractivity contribution is 9.11. The largest absolute Gasteiger partial charge is 0.392 e. The van der Waals surface area contributed by atoms with Crippen LogP contribution in [-0.4, -0.2) is 17.1 Å². The number of thiophene rings is 1. The molecule has 2 aromatic heterocycles. The van der Waals surface area contributed by atoms with Crippen LogP contribution in [0.1, 0.15) is 22.4 Å². The third kappa shape index (κ3) is 3.35. The van der Waals surface area contributed by atoms with E-state index in [1.807, 2.05) is 27.0 Å². The van der Waals surface area contributed by atoms with Crippen LogP contribution in [0.25, 0.3) is 0 Å². The van der Waals surface area contributed by atoms with Gasteiger partial charge >= 0.3 is 0 Å². The topological polar surface area (TPSA) is 36.4 Å². The lowest BCUT2D eigenvalue weighted by Crippen LogP contribution is -2.20. The van der Waals surface area contributed by atoms with Crippen LogP contribution in [0.4, 0.5) is 5.82 Å². The molecule has 0 atom stereocenters. The van der Waals surface area contributed by atoms with Crippen molar-refractivity contribution in [3.05, 3.63) is 43.7 Å². The van der Waals surface area contributed by atoms with Crippen LogP contribution in [0.5, 0.6) is 0 Å². The van der Waals surface area contributed by atoms with Gasteiger partial charge < -0.3 is 10.0 Å². The molecule has 2 heterocycles. The van der Waals surface area contributed by atoms with Gasteiger partial charge in [-0.1, -0.05) is 0 Å². The van der Waals surface area contributed by atoms with E-state index >= 15 is 0 Å². The number of rotatable bonds is 4. The summed E-state index contributed by atoms with van der Waals surface area (Å²) in [5.74, 6) is 0.863. The normalized spacial score (nSPS) is 10.8. The third-order valence-electron chi connectivity index (χ3n) is 3.01. The molecule has 0 bridgehead atoms. The number of aliphatic hydroxyl groups is 1. The molecule has 2 aromatic rings. The molecule has 0 radical (unpaired) electrons. The fraction of sp³-hybridized carbons (Fsp3) is 0.357. The predicted molar refractivity (Wildman–Crippen MR) is 83.8 cm³/mol. The van der Waals surface area contributed by atoms with E-state index in [4.69, 9.17) is 0 Å². The molecule has 0 saturated heterocycles. The van der Waals surface area contributed by atoms with Crippen molar-refractivity contribution in [1.29, 1.82) is 0 Å². The SMILES string of the molecule is Cc1cc(C)c(CO)c(N(C)Cc2csc(Br)c2)n1. The fourth-order valence-corrected chi connectivity index (χ4v) is 3.33. The van der Waals surface area contributed by atoms with E-state index in [0.29, 0.717) is 0 Å². The lowest BCUT2D eigenvalue weighted by Gasteiger charge is -2.22. The molecular formula is C14H17BrN2OS. The number of aliphatic hydroxyl groups excluding tert-OH is 1. The summed E-state index contributed by atoms with van der Waals surface area (Å²) in [7, 11) is 2.01. The minimum absolute atomic E-state index is 0.0200. The number of aromatic nitrogens is 1. The Morgan fingerprint density at radius 2 is 2.11 bits per heavy atom. The van der Waals surface area contributed by atoms with Crippen LogP contribution in [-0.2, 0) is 13.2 Å². The lowest BCUT2D eigenvalue weighted by molar-refractivity contribution is 0.281. The quantitative estimate of drug-likeness (QED) is 0.922. The second-order valence-electron chi connectivity index (χ2n) is 4.66. The molecule has 5 heteroatoms. The van der Waals surface area contributed by atoms with E-state index < -0.39 is 0 Å². The van der Waals surface area contributed by atoms with E-state index in [2.05, 4.69) is 37.3 Å². The number of anilines is 1. The van der Waals surface area contributed by atoms with Crippen molar-refractivity contribution in [3.63, 3.8) is 0 Å². The van der Waals surface area contributed by atoms with Crippen molar-refractivity contribution in [3.8, 4) is 0 Å². The molecule has 0 saturated carbocycles. The van der Waals surface area contributed by atoms with Gasteiger partial charge in [0.2, 0.25) is 0 Å². The predicted octanol–water partition coefficient (Wildman–Crippen LogP) is 3.65. The smallest absolute Gasteiger partial charge is 0.134 e. The number of hydrogen-bond donors (Lipinski definition) is 1. The fourth-order valence-electron chi connectivity index (χ4n) is 2.13. The van der Waals surface area contributed by atoms with Crippen LogP contribution in [0, 0.1) is 13.8 Å². The maximum Gasteiger partial charge on any atom is 0.134 e. The summed E-state index contributed by atoms with van der Waals surface area (Å²) in [5.41, 5.74) is 4.21. The van der Waals surface area contributed by atoms with Gasteiger partial charge in [0, 0.05) is 24.8 Å². The van der Waals surface area contributed by atoms with Gasteiger partial charge in [-0.25, -0.2) is 4.98 Å². The van der Waals surface area contributed by atoms with Crippen molar-refractivity contribution in [2.45, 2.75) is 27.0 Å². The van der Waals surface area contributed by atoms with Crippen molar-refractivity contribution in [1.82, 2.24) is 4.98 Å². The minimum Gasteiger partial charge on any atom is -0.392 e. The molecule has 102 valence electrons. The first-order valence-corrected chi connectivity index (χ1v) is 7.70. The maximum absolute atomic E-state index is 9.54. The van der Waals surface area contributed by atoms with E-state index in [9.17, 15) is 5.11 Å². The van der Waals surface area contributed by atoms with Crippen LogP contribution >= 0.6 is 27.3 Å². The van der Waals surface area contributed by atoms with Crippen molar-refractivity contribution < 1.29 is 5.11 Å². The summed E-state index contributed by atoms with van der Waals surface area (Å²) in [4.78, 5) is 6.65. The van der Waals surface area contributed by atoms with Crippen LogP contribution in [0.15, 0.2) is 21.3 Å². The number of halogens is 1. The Morgan fingerprint density at radius 1 is 1.37 bits per heavy atom. The number of hydrogen-bond acceptors (Lipinski definition) is 4. The van der Waals surface area contributed by atoms with Crippen LogP contribution in [0.3, 0.4) is 0 Å². The monoisotopic (exact) mass is 340 g/mol. The molecule has 0 aliphatic rings. The van der Waals surface area contributed by atoms with Crippen molar-refractivity contribution >= 4 is 33.1 Å². The number of nitrogens with zero attached hydrogens (tertiary/aromatic N) is 2. The number of pyridine rings is 1. The first-order valence-electron chi connectivity index (χ1n) is 6.03. The molecule has 0 aliphatic carbocycles. The maximum atomic E-state index is 9.54. The van der Waals surface area contributed by atoms with Crippen molar-refractivity contribution in [2.24, 2.45) is 0 Å². The van der Waals surface area contributed by atoms with E-state index in [0.717, 1.165) is 33.0 Å². The Morgan fingerprint density at radius 3 is 2.68 bits per heavy atom. The molecule has 1 N–H and O–H groups in total. The van der Waals surface area contributed by atoms with Gasteiger partial charge in [0.05, 0.1) is 10.4 Å². The first kappa shape index (κ1) is 14.5. The summed E-state index contributed by atoms with van der Waals surface area (Å²) in [6, 6.07) is 4.12. The molecule has 0 fully saturated rings. The standard InChI is InChI=1S/C14H17BrN2OS/c1-9-4-10(2)16-14(12(9)7-18)17(3)6-11-5-13(15)19-8-11/h4-5,8,18H,6-7H2,1-3H3. The first-order chi connectivity index (χ1) is 9.01. The molecule has 0 aromatic carbocycles. The van der Waals surface area contributed by atoms with Gasteiger partial charge in [-0.05, 0) is 58.4 Å². The summed E-state index contributed by atoms with van der Waals surface area (Å²) in [6.45, 7) is 4.79. The summed E-state index contributed by atoms with van der Waals surface area (Å²) >= 11 is 5.15. The molecule has 19 heavy (non-hydrogen) atoms. The Hall–Kier alpha value is -0.910. The summed E-state index contributed by atoms with van der Waals surface area (Å²) in [5, 5.41) is 11.7. The third-order valence-corrected chi connectivity index (χ3v) is 4.57. The zero-order valence-electron chi connectivity index (χ0n) is 11.3. The minimum atomic E-state index is 0.0200. The second kappa shape index (κ2) is 6.03. The van der Waals surface area contributed by atoms with Gasteiger partial charge in [-0.2, -0.15) is 0 Å². The molecule has 0 aliphatic heterocycles. The molecule has 0 unspecified atom stereocenters. The van der Waals surface area contributed by atoms with Gasteiger partial charge in [-0.3, -0.25) is 0 Å². The van der Waals surface area contributed by atoms with Crippen molar-refractivity contribution in [2.75, 3.05) is 11.9 Å². The van der Waals surface area contributed by atoms with Gasteiger partial charge in [0.25, 0.3) is 0 Å². The van der Waals surface area contributed by atoms with E-state index in [1.54, 1.807) is 11.3 Å². The highest BCUT2D eigenvalue weighted by atomic mass is 79.9. The summed E-state index contributed by atoms with van der Waals surface area (Å²) in [6.07, 6.45) is 0. The van der Waals surface area contributed by atoms with Gasteiger partial charge in [0.15, 0.2) is 0 Å².